The average molecular weight is 499 g/mol. The fourth-order valence-corrected chi connectivity index (χ4v) is 6.88. The summed E-state index contributed by atoms with van der Waals surface area (Å²) in [6.45, 7) is 11.3. The Morgan fingerprint density at radius 3 is 2.74 bits per heavy atom. The number of halogens is 1. The molecule has 3 heterocycles. The Bertz CT molecular complexity index is 1090. The molecule has 4 rings (SSSR count). The summed E-state index contributed by atoms with van der Waals surface area (Å²) in [4.78, 5) is 3.27. The zero-order valence-electron chi connectivity index (χ0n) is 20.8. The average Bonchev–Trinajstić information content (AvgIpc) is 3.31. The van der Waals surface area contributed by atoms with Crippen molar-refractivity contribution in [2.45, 2.75) is 69.7 Å². The summed E-state index contributed by atoms with van der Waals surface area (Å²) in [5.74, 6) is 1.20. The molecule has 2 fully saturated rings. The number of hydrogen-bond donors (Lipinski definition) is 1. The van der Waals surface area contributed by atoms with Crippen LogP contribution in [0.4, 0.5) is 4.39 Å². The molecule has 1 aromatic carbocycles. The Kier molecular flexibility index (Phi) is 8.27. The third-order valence-electron chi connectivity index (χ3n) is 7.23. The fraction of sp³-hybridized carbons (Fsp3) is 0.481. The summed E-state index contributed by atoms with van der Waals surface area (Å²) in [5, 5.41) is 8.37. The Morgan fingerprint density at radius 1 is 1.34 bits per heavy atom. The Balaban J connectivity index is 1.60. The van der Waals surface area contributed by atoms with Crippen molar-refractivity contribution in [2.24, 2.45) is 0 Å². The molecular formula is C27H35FN4O2S. The Labute approximate surface area is 210 Å². The molecule has 0 amide bonds. The summed E-state index contributed by atoms with van der Waals surface area (Å²) in [5.41, 5.74) is 1.91. The van der Waals surface area contributed by atoms with E-state index in [9.17, 15) is 4.55 Å². The van der Waals surface area contributed by atoms with Crippen LogP contribution in [0.1, 0.15) is 62.3 Å². The molecule has 0 spiro atoms. The highest BCUT2D eigenvalue weighted by molar-refractivity contribution is 7.90. The minimum absolute atomic E-state index is 0.0953. The van der Waals surface area contributed by atoms with Gasteiger partial charge in [-0.15, -0.1) is 14.5 Å². The number of aromatic nitrogens is 3. The van der Waals surface area contributed by atoms with Crippen molar-refractivity contribution >= 4 is 11.4 Å². The molecule has 188 valence electrons. The number of benzene rings is 1. The third-order valence-corrected chi connectivity index (χ3v) is 9.18. The molecule has 0 radical (unpaired) electrons. The van der Waals surface area contributed by atoms with E-state index in [4.69, 9.17) is 4.74 Å². The normalized spacial score (nSPS) is 25.7. The molecule has 1 unspecified atom stereocenters. The van der Waals surface area contributed by atoms with E-state index < -0.39 is 16.8 Å². The van der Waals surface area contributed by atoms with Crippen molar-refractivity contribution in [1.82, 2.24) is 19.5 Å². The van der Waals surface area contributed by atoms with Gasteiger partial charge < -0.3 is 14.3 Å². The highest BCUT2D eigenvalue weighted by atomic mass is 32.2. The Hall–Kier alpha value is -2.26. The van der Waals surface area contributed by atoms with Crippen LogP contribution in [-0.4, -0.2) is 48.5 Å². The summed E-state index contributed by atoms with van der Waals surface area (Å²) >= 11 is -1.28. The third kappa shape index (κ3) is 5.31. The molecule has 3 atom stereocenters. The second-order valence-corrected chi connectivity index (χ2v) is 11.0. The van der Waals surface area contributed by atoms with Gasteiger partial charge >= 0.3 is 0 Å². The topological polar surface area (TPSA) is 77.1 Å². The lowest BCUT2D eigenvalue weighted by atomic mass is 9.73. The number of nitrogens with one attached hydrogen (secondary N) is 1. The number of aromatic amines is 1. The first-order valence-electron chi connectivity index (χ1n) is 12.3. The van der Waals surface area contributed by atoms with Crippen molar-refractivity contribution in [3.63, 3.8) is 0 Å². The van der Waals surface area contributed by atoms with Gasteiger partial charge in [-0.1, -0.05) is 43.0 Å². The van der Waals surface area contributed by atoms with E-state index in [1.54, 1.807) is 12.1 Å². The molecule has 8 heteroatoms. The van der Waals surface area contributed by atoms with E-state index in [1.807, 2.05) is 48.5 Å². The van der Waals surface area contributed by atoms with E-state index in [2.05, 4.69) is 28.7 Å². The van der Waals surface area contributed by atoms with E-state index in [1.165, 1.54) is 0 Å². The predicted molar refractivity (Wildman–Crippen MR) is 138 cm³/mol. The van der Waals surface area contributed by atoms with Gasteiger partial charge in [0.2, 0.25) is 0 Å². The molecule has 2 saturated heterocycles. The lowest BCUT2D eigenvalue weighted by Gasteiger charge is -2.39. The van der Waals surface area contributed by atoms with Gasteiger partial charge in [0.1, 0.15) is 17.5 Å². The monoisotopic (exact) mass is 498 g/mol. The first kappa shape index (κ1) is 25.8. The first-order valence-corrected chi connectivity index (χ1v) is 13.5. The van der Waals surface area contributed by atoms with Gasteiger partial charge in [0.25, 0.3) is 0 Å². The number of rotatable bonds is 7. The highest BCUT2D eigenvalue weighted by Crippen LogP contribution is 2.40. The lowest BCUT2D eigenvalue weighted by molar-refractivity contribution is 0.0604. The van der Waals surface area contributed by atoms with E-state index in [0.717, 1.165) is 35.6 Å². The number of ether oxygens (including phenoxy) is 1. The second kappa shape index (κ2) is 11.2. The molecule has 35 heavy (non-hydrogen) atoms. The van der Waals surface area contributed by atoms with Gasteiger partial charge in [0.05, 0.1) is 18.0 Å². The van der Waals surface area contributed by atoms with Crippen LogP contribution in [-0.2, 0) is 28.1 Å². The van der Waals surface area contributed by atoms with Crippen molar-refractivity contribution in [1.29, 1.82) is 0 Å². The van der Waals surface area contributed by atoms with Crippen molar-refractivity contribution < 1.29 is 13.7 Å². The van der Waals surface area contributed by atoms with Gasteiger partial charge in [0.15, 0.2) is 5.25 Å². The molecular weight excluding hydrogens is 463 g/mol. The van der Waals surface area contributed by atoms with Gasteiger partial charge in [-0.25, -0.2) is 4.39 Å². The smallest absolute Gasteiger partial charge is 0.160 e. The van der Waals surface area contributed by atoms with Gasteiger partial charge in [-0.2, -0.15) is 0 Å². The number of aryl methyl sites for hydroxylation is 1. The largest absolute Gasteiger partial charge is 0.597 e. The quantitative estimate of drug-likeness (QED) is 0.427. The molecule has 0 aliphatic carbocycles. The van der Waals surface area contributed by atoms with Crippen LogP contribution in [0.3, 0.4) is 0 Å². The highest BCUT2D eigenvalue weighted by Gasteiger charge is 2.42. The van der Waals surface area contributed by atoms with Gasteiger partial charge in [-0.05, 0) is 51.7 Å². The van der Waals surface area contributed by atoms with Crippen molar-refractivity contribution in [2.75, 3.05) is 13.2 Å². The Morgan fingerprint density at radius 2 is 2.11 bits per heavy atom. The lowest BCUT2D eigenvalue weighted by Crippen LogP contribution is -2.48. The zero-order chi connectivity index (χ0) is 25.0. The molecule has 0 bridgehead atoms. The van der Waals surface area contributed by atoms with E-state index in [-0.39, 0.29) is 17.1 Å². The van der Waals surface area contributed by atoms with Crippen molar-refractivity contribution in [3.8, 4) is 0 Å². The second-order valence-electron chi connectivity index (χ2n) is 9.42. The minimum atomic E-state index is -1.28. The summed E-state index contributed by atoms with van der Waals surface area (Å²) in [6.07, 6.45) is 10.8. The van der Waals surface area contributed by atoms with Crippen molar-refractivity contribution in [3.05, 3.63) is 83.2 Å². The molecule has 1 N–H and O–H groups in total. The molecule has 2 aliphatic heterocycles. The zero-order valence-corrected chi connectivity index (χ0v) is 21.6. The fourth-order valence-electron chi connectivity index (χ4n) is 5.08. The molecule has 2 aliphatic rings. The standard InChI is InChI=1S/C27H35FN4O2S/c1-5-7-8-21(6-2)25-12-9-19(3)32(35(25)33)18-22-10-11-23(17-24(22)28)27(13-15-34-16-14-27)26-29-20(4)30-31-26/h5-8,10-11,17,19,25H,2,9,12-16,18H2,1,3-4H3,(H,29,30,31)/b7-5-,21-8+/t19-,25+,35?/m0/s1. The minimum Gasteiger partial charge on any atom is -0.597 e. The van der Waals surface area contributed by atoms with Crippen LogP contribution in [0.5, 0.6) is 0 Å². The summed E-state index contributed by atoms with van der Waals surface area (Å²) in [6, 6.07) is 5.53. The first-order chi connectivity index (χ1) is 16.9. The van der Waals surface area contributed by atoms with Crippen LogP contribution in [0, 0.1) is 12.7 Å². The van der Waals surface area contributed by atoms with Gasteiger partial charge in [0, 0.05) is 42.1 Å². The van der Waals surface area contributed by atoms with Crippen LogP contribution in [0.25, 0.3) is 0 Å². The summed E-state index contributed by atoms with van der Waals surface area (Å²) < 4.78 is 36.6. The molecule has 0 saturated carbocycles. The molecule has 2 aromatic rings. The number of nitrogens with zero attached hydrogens (tertiary/aromatic N) is 3. The van der Waals surface area contributed by atoms with E-state index in [0.29, 0.717) is 38.2 Å². The van der Waals surface area contributed by atoms with Crippen LogP contribution < -0.4 is 0 Å². The van der Waals surface area contributed by atoms with Crippen LogP contribution in [0.15, 0.2) is 54.7 Å². The van der Waals surface area contributed by atoms with Gasteiger partial charge in [-0.3, -0.25) is 0 Å². The number of H-pyrrole nitrogens is 1. The SMILES string of the molecule is C=C/C(=C\C=C/C)[C@H]1CC[C@H](C)N(Cc2ccc(C3(c4nnc(C)[nH]4)CCOCC3)cc2F)[S+]1[O-]. The maximum atomic E-state index is 15.6. The summed E-state index contributed by atoms with van der Waals surface area (Å²) in [7, 11) is 0. The number of allylic oxidation sites excluding steroid dienone is 4. The van der Waals surface area contributed by atoms with Crippen LogP contribution >= 0.6 is 0 Å². The maximum absolute atomic E-state index is 15.6. The maximum Gasteiger partial charge on any atom is 0.160 e. The molecule has 1 aromatic heterocycles. The van der Waals surface area contributed by atoms with E-state index >= 15 is 4.39 Å². The number of hydrogen-bond acceptors (Lipinski definition) is 5. The predicted octanol–water partition coefficient (Wildman–Crippen LogP) is 5.05. The van der Waals surface area contributed by atoms with Crippen LogP contribution in [0.2, 0.25) is 0 Å². The molecule has 6 nitrogen and oxygen atoms in total.